The van der Waals surface area contributed by atoms with Crippen LogP contribution < -0.4 is 11.5 Å². The molecular formula is C17H20N2O3. The van der Waals surface area contributed by atoms with Crippen LogP contribution in [0, 0.1) is 0 Å². The topological polar surface area (TPSA) is 106 Å². The van der Waals surface area contributed by atoms with Crippen molar-refractivity contribution in [3.63, 3.8) is 0 Å². The van der Waals surface area contributed by atoms with Gasteiger partial charge >= 0.3 is 5.97 Å². The highest BCUT2D eigenvalue weighted by Gasteiger charge is 2.11. The molecule has 5 heteroatoms. The molecule has 2 rings (SSSR count). The van der Waals surface area contributed by atoms with Gasteiger partial charge in [0.15, 0.2) is 0 Å². The first-order valence-electron chi connectivity index (χ1n) is 6.88. The zero-order valence-electron chi connectivity index (χ0n) is 12.2. The number of carbonyl (C=O) groups is 2. The van der Waals surface area contributed by atoms with Crippen molar-refractivity contribution in [1.29, 1.82) is 0 Å². The summed E-state index contributed by atoms with van der Waals surface area (Å²) in [5.74, 6) is -1.64. The molecular weight excluding hydrogens is 280 g/mol. The standard InChI is InChI=1S/C12H10.C5H10N2O3/c1-3-7-11(8-4-1)12-9-5-2-6-10-12;6-3(5(9)10)1-2-4(7)8/h1-10H;3H,1-2,6H2,(H2,7,8)(H,9,10)/t;3-/m.0/s1. The first kappa shape index (κ1) is 17.4. The largest absolute Gasteiger partial charge is 0.480 e. The van der Waals surface area contributed by atoms with Crippen LogP contribution in [-0.4, -0.2) is 23.0 Å². The second-order valence-corrected chi connectivity index (χ2v) is 4.68. The summed E-state index contributed by atoms with van der Waals surface area (Å²) >= 11 is 0. The summed E-state index contributed by atoms with van der Waals surface area (Å²) < 4.78 is 0. The summed E-state index contributed by atoms with van der Waals surface area (Å²) in [5.41, 5.74) is 12.4. The Kier molecular flexibility index (Phi) is 7.36. The molecule has 0 radical (unpaired) electrons. The Bertz CT molecular complexity index is 548. The highest BCUT2D eigenvalue weighted by molar-refractivity contribution is 5.77. The van der Waals surface area contributed by atoms with E-state index in [2.05, 4.69) is 48.5 Å². The van der Waals surface area contributed by atoms with Gasteiger partial charge in [0.05, 0.1) is 0 Å². The van der Waals surface area contributed by atoms with E-state index in [1.807, 2.05) is 12.1 Å². The van der Waals surface area contributed by atoms with Crippen LogP contribution in [0.25, 0.3) is 11.1 Å². The van der Waals surface area contributed by atoms with Crippen LogP contribution in [0.3, 0.4) is 0 Å². The molecule has 116 valence electrons. The Morgan fingerprint density at radius 1 is 0.909 bits per heavy atom. The first-order valence-corrected chi connectivity index (χ1v) is 6.88. The number of hydrogen-bond acceptors (Lipinski definition) is 3. The molecule has 0 bridgehead atoms. The summed E-state index contributed by atoms with van der Waals surface area (Å²) in [6, 6.07) is 19.8. The van der Waals surface area contributed by atoms with Crippen molar-refractivity contribution in [1.82, 2.24) is 0 Å². The molecule has 0 fully saturated rings. The Labute approximate surface area is 129 Å². The SMILES string of the molecule is NC(=O)CC[C@H](N)C(=O)O.c1ccc(-c2ccccc2)cc1. The molecule has 0 aliphatic carbocycles. The third-order valence-electron chi connectivity index (χ3n) is 2.90. The smallest absolute Gasteiger partial charge is 0.320 e. The van der Waals surface area contributed by atoms with Gasteiger partial charge in [-0.15, -0.1) is 0 Å². The second-order valence-electron chi connectivity index (χ2n) is 4.68. The third kappa shape index (κ3) is 6.67. The summed E-state index contributed by atoms with van der Waals surface area (Å²) in [4.78, 5) is 20.1. The van der Waals surface area contributed by atoms with Crippen molar-refractivity contribution in [2.75, 3.05) is 0 Å². The van der Waals surface area contributed by atoms with Gasteiger partial charge in [-0.05, 0) is 17.5 Å². The average Bonchev–Trinajstić information content (AvgIpc) is 2.54. The van der Waals surface area contributed by atoms with Crippen molar-refractivity contribution in [3.05, 3.63) is 60.7 Å². The van der Waals surface area contributed by atoms with Crippen molar-refractivity contribution in [2.24, 2.45) is 11.5 Å². The van der Waals surface area contributed by atoms with Crippen molar-refractivity contribution in [2.45, 2.75) is 18.9 Å². The van der Waals surface area contributed by atoms with E-state index in [4.69, 9.17) is 16.6 Å². The molecule has 0 saturated carbocycles. The summed E-state index contributed by atoms with van der Waals surface area (Å²) in [7, 11) is 0. The Morgan fingerprint density at radius 3 is 1.64 bits per heavy atom. The molecule has 0 unspecified atom stereocenters. The maximum Gasteiger partial charge on any atom is 0.320 e. The van der Waals surface area contributed by atoms with Gasteiger partial charge < -0.3 is 16.6 Å². The van der Waals surface area contributed by atoms with Crippen molar-refractivity contribution < 1.29 is 14.7 Å². The molecule has 1 atom stereocenters. The lowest BCUT2D eigenvalue weighted by Crippen LogP contribution is -2.31. The molecule has 2 aromatic rings. The minimum atomic E-state index is -1.11. The lowest BCUT2D eigenvalue weighted by atomic mass is 10.1. The quantitative estimate of drug-likeness (QED) is 0.785. The van der Waals surface area contributed by atoms with Crippen LogP contribution in [0.5, 0.6) is 0 Å². The molecule has 22 heavy (non-hydrogen) atoms. The predicted molar refractivity (Wildman–Crippen MR) is 85.9 cm³/mol. The number of rotatable bonds is 5. The molecule has 5 N–H and O–H groups in total. The number of amides is 1. The summed E-state index contributed by atoms with van der Waals surface area (Å²) in [6.07, 6.45) is 0.123. The highest BCUT2D eigenvalue weighted by atomic mass is 16.4. The minimum absolute atomic E-state index is 0.0213. The third-order valence-corrected chi connectivity index (χ3v) is 2.90. The van der Waals surface area contributed by atoms with Gasteiger partial charge in [0.2, 0.25) is 5.91 Å². The van der Waals surface area contributed by atoms with E-state index >= 15 is 0 Å². The molecule has 0 spiro atoms. The number of carboxylic acid groups (broad SMARTS) is 1. The number of hydrogen-bond donors (Lipinski definition) is 3. The summed E-state index contributed by atoms with van der Waals surface area (Å²) in [6.45, 7) is 0. The van der Waals surface area contributed by atoms with E-state index in [-0.39, 0.29) is 12.8 Å². The fourth-order valence-electron chi connectivity index (χ4n) is 1.68. The van der Waals surface area contributed by atoms with Crippen molar-refractivity contribution in [3.8, 4) is 11.1 Å². The van der Waals surface area contributed by atoms with Gasteiger partial charge in [0.1, 0.15) is 6.04 Å². The molecule has 1 amide bonds. The van der Waals surface area contributed by atoms with Gasteiger partial charge in [0, 0.05) is 6.42 Å². The van der Waals surface area contributed by atoms with Crippen LogP contribution in [-0.2, 0) is 9.59 Å². The zero-order valence-corrected chi connectivity index (χ0v) is 12.2. The molecule has 0 saturated heterocycles. The van der Waals surface area contributed by atoms with E-state index in [9.17, 15) is 9.59 Å². The minimum Gasteiger partial charge on any atom is -0.480 e. The van der Waals surface area contributed by atoms with E-state index in [1.165, 1.54) is 11.1 Å². The maximum absolute atomic E-state index is 10.1. The maximum atomic E-state index is 10.1. The number of nitrogens with two attached hydrogens (primary N) is 2. The number of carboxylic acids is 1. The van der Waals surface area contributed by atoms with Crippen LogP contribution in [0.15, 0.2) is 60.7 Å². The van der Waals surface area contributed by atoms with E-state index in [0.717, 1.165) is 0 Å². The van der Waals surface area contributed by atoms with E-state index in [1.54, 1.807) is 0 Å². The van der Waals surface area contributed by atoms with Crippen LogP contribution >= 0.6 is 0 Å². The Hall–Kier alpha value is -2.66. The molecule has 2 aromatic carbocycles. The van der Waals surface area contributed by atoms with Crippen LogP contribution in [0.1, 0.15) is 12.8 Å². The molecule has 0 aliphatic heterocycles. The van der Waals surface area contributed by atoms with E-state index < -0.39 is 17.9 Å². The van der Waals surface area contributed by atoms with Gasteiger partial charge in [-0.1, -0.05) is 60.7 Å². The van der Waals surface area contributed by atoms with Gasteiger partial charge in [-0.3, -0.25) is 9.59 Å². The lowest BCUT2D eigenvalue weighted by Gasteiger charge is -2.01. The normalized spacial score (nSPS) is 11.0. The summed E-state index contributed by atoms with van der Waals surface area (Å²) in [5, 5.41) is 8.22. The first-order chi connectivity index (χ1) is 10.5. The lowest BCUT2D eigenvalue weighted by molar-refractivity contribution is -0.138. The zero-order chi connectivity index (χ0) is 16.4. The molecule has 0 aliphatic rings. The number of carbonyl (C=O) groups excluding carboxylic acids is 1. The second kappa shape index (κ2) is 9.31. The average molecular weight is 300 g/mol. The highest BCUT2D eigenvalue weighted by Crippen LogP contribution is 2.17. The van der Waals surface area contributed by atoms with Crippen molar-refractivity contribution >= 4 is 11.9 Å². The van der Waals surface area contributed by atoms with Gasteiger partial charge in [0.25, 0.3) is 0 Å². The monoisotopic (exact) mass is 300 g/mol. The number of aliphatic carboxylic acids is 1. The molecule has 0 aromatic heterocycles. The van der Waals surface area contributed by atoms with Crippen LogP contribution in [0.2, 0.25) is 0 Å². The molecule has 5 nitrogen and oxygen atoms in total. The number of benzene rings is 2. The fraction of sp³-hybridized carbons (Fsp3) is 0.176. The fourth-order valence-corrected chi connectivity index (χ4v) is 1.68. The number of primary amides is 1. The predicted octanol–water partition coefficient (Wildman–Crippen LogP) is 2.02. The van der Waals surface area contributed by atoms with Gasteiger partial charge in [-0.2, -0.15) is 0 Å². The van der Waals surface area contributed by atoms with Crippen LogP contribution in [0.4, 0.5) is 0 Å². The van der Waals surface area contributed by atoms with Gasteiger partial charge in [-0.25, -0.2) is 0 Å². The Morgan fingerprint density at radius 2 is 1.32 bits per heavy atom. The van der Waals surface area contributed by atoms with E-state index in [0.29, 0.717) is 0 Å². The molecule has 0 heterocycles. The Balaban J connectivity index is 0.000000225.